The molecule has 0 aliphatic carbocycles. The van der Waals surface area contributed by atoms with Gasteiger partial charge >= 0.3 is 0 Å². The van der Waals surface area contributed by atoms with Crippen LogP contribution in [0, 0.1) is 0 Å². The Kier molecular flexibility index (Phi) is 6.74. The first-order chi connectivity index (χ1) is 21.0. The first-order valence-corrected chi connectivity index (χ1v) is 13.9. The van der Waals surface area contributed by atoms with Crippen molar-refractivity contribution in [3.8, 4) is 11.5 Å². The van der Waals surface area contributed by atoms with Crippen LogP contribution in [0.25, 0.3) is 11.2 Å². The third-order valence-electron chi connectivity index (χ3n) is 8.35. The highest BCUT2D eigenvalue weighted by molar-refractivity contribution is 5.69. The molecule has 11 heteroatoms. The predicted molar refractivity (Wildman–Crippen MR) is 155 cm³/mol. The molecule has 2 aliphatic heterocycles. The van der Waals surface area contributed by atoms with Crippen LogP contribution in [0.3, 0.4) is 0 Å². The van der Waals surface area contributed by atoms with Crippen LogP contribution >= 0.6 is 0 Å². The number of imidazole rings is 1. The van der Waals surface area contributed by atoms with Crippen LogP contribution in [0.15, 0.2) is 96.3 Å². The fourth-order valence-electron chi connectivity index (χ4n) is 6.09. The van der Waals surface area contributed by atoms with Gasteiger partial charge in [0.05, 0.1) is 40.1 Å². The Bertz CT molecular complexity index is 1740. The Morgan fingerprint density at radius 3 is 2.21 bits per heavy atom. The highest BCUT2D eigenvalue weighted by Crippen LogP contribution is 2.48. The molecular weight excluding hydrogens is 552 g/mol. The number of nitrogens with one attached hydrogen (secondary N) is 1. The molecule has 2 aliphatic rings. The second-order valence-corrected chi connectivity index (χ2v) is 10.6. The maximum atomic E-state index is 12.3. The van der Waals surface area contributed by atoms with E-state index in [2.05, 4.69) is 15.0 Å². The van der Waals surface area contributed by atoms with Crippen molar-refractivity contribution in [2.75, 3.05) is 27.4 Å². The van der Waals surface area contributed by atoms with Crippen molar-refractivity contribution >= 4 is 11.2 Å². The zero-order valence-electron chi connectivity index (χ0n) is 23.5. The summed E-state index contributed by atoms with van der Waals surface area (Å²) in [5.41, 5.74) is 0.424. The van der Waals surface area contributed by atoms with Crippen LogP contribution in [-0.2, 0) is 19.8 Å². The zero-order valence-corrected chi connectivity index (χ0v) is 23.5. The first kappa shape index (κ1) is 27.3. The summed E-state index contributed by atoms with van der Waals surface area (Å²) in [5.74, 6) is 1.42. The molecule has 2 bridgehead atoms. The number of rotatable bonds is 9. The normalized spacial score (nSPS) is 23.1. The number of aromatic nitrogens is 4. The Hall–Kier alpha value is -4.55. The lowest BCUT2D eigenvalue weighted by Crippen LogP contribution is -2.48. The van der Waals surface area contributed by atoms with Crippen LogP contribution in [0.5, 0.6) is 11.5 Å². The van der Waals surface area contributed by atoms with Crippen LogP contribution in [0.4, 0.5) is 0 Å². The quantitative estimate of drug-likeness (QED) is 0.252. The maximum absolute atomic E-state index is 12.3. The van der Waals surface area contributed by atoms with Gasteiger partial charge in [-0.15, -0.1) is 0 Å². The first-order valence-electron chi connectivity index (χ1n) is 13.9. The summed E-state index contributed by atoms with van der Waals surface area (Å²) in [6.45, 7) is 0.0980. The lowest BCUT2D eigenvalue weighted by molar-refractivity contribution is -0.202. The van der Waals surface area contributed by atoms with Crippen molar-refractivity contribution in [1.29, 1.82) is 0 Å². The molecule has 220 valence electrons. The molecule has 7 rings (SSSR count). The number of fused-ring (bicyclic) bond motifs is 3. The maximum Gasteiger partial charge on any atom is 0.278 e. The number of benzene rings is 3. The molecule has 11 nitrogen and oxygen atoms in total. The largest absolute Gasteiger partial charge is 0.497 e. The summed E-state index contributed by atoms with van der Waals surface area (Å²) in [7, 11) is 3.25. The van der Waals surface area contributed by atoms with Crippen molar-refractivity contribution in [3.63, 3.8) is 0 Å². The number of methoxy groups -OCH3 is 2. The van der Waals surface area contributed by atoms with Gasteiger partial charge in [-0.25, -0.2) is 9.97 Å². The summed E-state index contributed by atoms with van der Waals surface area (Å²) < 4.78 is 32.2. The summed E-state index contributed by atoms with van der Waals surface area (Å²) in [5, 5.41) is 11.5. The molecule has 43 heavy (non-hydrogen) atoms. The van der Waals surface area contributed by atoms with E-state index in [1.807, 2.05) is 78.9 Å². The predicted octanol–water partition coefficient (Wildman–Crippen LogP) is 3.17. The number of hydrogen-bond acceptors (Lipinski definition) is 9. The number of H-pyrrole nitrogens is 1. The molecule has 2 N–H and O–H groups in total. The molecule has 0 unspecified atom stereocenters. The van der Waals surface area contributed by atoms with Crippen LogP contribution in [0.1, 0.15) is 22.9 Å². The van der Waals surface area contributed by atoms with Gasteiger partial charge in [-0.1, -0.05) is 54.6 Å². The summed E-state index contributed by atoms with van der Waals surface area (Å²) >= 11 is 0. The van der Waals surface area contributed by atoms with Gasteiger partial charge in [-0.3, -0.25) is 9.36 Å². The molecule has 4 atom stereocenters. The van der Waals surface area contributed by atoms with Gasteiger partial charge in [0.2, 0.25) is 0 Å². The van der Waals surface area contributed by atoms with Gasteiger partial charge in [0, 0.05) is 0 Å². The third-order valence-corrected chi connectivity index (χ3v) is 8.35. The number of ether oxygens (including phenoxy) is 5. The van der Waals surface area contributed by atoms with Crippen molar-refractivity contribution in [2.24, 2.45) is 0 Å². The SMILES string of the molecule is COc1ccc(C(OC[C@@]23CO[C@@H]([C@H](n4cnc5c(=O)[nH]cnc54)O2)[C@@H]3O)(c2ccccc2)c2ccc(OC)cc2)cc1. The van der Waals surface area contributed by atoms with E-state index in [9.17, 15) is 9.90 Å². The fourth-order valence-corrected chi connectivity index (χ4v) is 6.09. The van der Waals surface area contributed by atoms with Crippen molar-refractivity contribution in [2.45, 2.75) is 29.6 Å². The second kappa shape index (κ2) is 10.6. The van der Waals surface area contributed by atoms with Crippen LogP contribution < -0.4 is 15.0 Å². The average Bonchev–Trinajstić information content (AvgIpc) is 3.72. The molecule has 0 spiro atoms. The number of hydrogen-bond donors (Lipinski definition) is 2. The van der Waals surface area contributed by atoms with E-state index in [1.165, 1.54) is 12.7 Å². The molecule has 2 aromatic heterocycles. The van der Waals surface area contributed by atoms with Crippen molar-refractivity contribution < 1.29 is 28.8 Å². The van der Waals surface area contributed by atoms with E-state index in [0.717, 1.165) is 16.7 Å². The Morgan fingerprint density at radius 2 is 1.58 bits per heavy atom. The van der Waals surface area contributed by atoms with Crippen LogP contribution in [-0.4, -0.2) is 69.9 Å². The number of aliphatic hydroxyl groups excluding tert-OH is 1. The lowest BCUT2D eigenvalue weighted by atomic mass is 9.79. The molecule has 0 amide bonds. The summed E-state index contributed by atoms with van der Waals surface area (Å²) in [6, 6.07) is 25.3. The molecule has 0 saturated carbocycles. The Labute approximate surface area is 246 Å². The van der Waals surface area contributed by atoms with Gasteiger partial charge in [0.1, 0.15) is 34.9 Å². The smallest absolute Gasteiger partial charge is 0.278 e. The molecule has 2 saturated heterocycles. The molecule has 5 aromatic rings. The lowest BCUT2D eigenvalue weighted by Gasteiger charge is -2.39. The molecule has 0 radical (unpaired) electrons. The van der Waals surface area contributed by atoms with Gasteiger partial charge in [-0.05, 0) is 41.0 Å². The van der Waals surface area contributed by atoms with E-state index in [0.29, 0.717) is 17.1 Å². The Morgan fingerprint density at radius 1 is 0.953 bits per heavy atom. The van der Waals surface area contributed by atoms with Crippen molar-refractivity contribution in [3.05, 3.63) is 119 Å². The number of aliphatic hydroxyl groups is 1. The Balaban J connectivity index is 1.31. The monoisotopic (exact) mass is 582 g/mol. The van der Waals surface area contributed by atoms with E-state index >= 15 is 0 Å². The minimum Gasteiger partial charge on any atom is -0.497 e. The highest BCUT2D eigenvalue weighted by Gasteiger charge is 2.63. The van der Waals surface area contributed by atoms with Crippen molar-refractivity contribution in [1.82, 2.24) is 19.5 Å². The third kappa shape index (κ3) is 4.31. The zero-order chi connectivity index (χ0) is 29.6. The van der Waals surface area contributed by atoms with E-state index in [4.69, 9.17) is 23.7 Å². The van der Waals surface area contributed by atoms with Gasteiger partial charge in [0.15, 0.2) is 17.4 Å². The average molecular weight is 583 g/mol. The van der Waals surface area contributed by atoms with Gasteiger partial charge in [0.25, 0.3) is 5.56 Å². The van der Waals surface area contributed by atoms with E-state index < -0.39 is 29.6 Å². The van der Waals surface area contributed by atoms with E-state index in [1.54, 1.807) is 18.8 Å². The van der Waals surface area contributed by atoms with Crippen LogP contribution in [0.2, 0.25) is 0 Å². The number of nitrogens with zero attached hydrogens (tertiary/aromatic N) is 3. The molecule has 4 heterocycles. The number of aromatic amines is 1. The highest BCUT2D eigenvalue weighted by atomic mass is 16.7. The van der Waals surface area contributed by atoms with E-state index in [-0.39, 0.29) is 24.3 Å². The van der Waals surface area contributed by atoms with Gasteiger partial charge < -0.3 is 33.8 Å². The topological polar surface area (TPSA) is 130 Å². The fraction of sp³-hybridized carbons (Fsp3) is 0.281. The van der Waals surface area contributed by atoms with Gasteiger partial charge in [-0.2, -0.15) is 0 Å². The second-order valence-electron chi connectivity index (χ2n) is 10.6. The standard InChI is InChI=1S/C32H30N4O7/c1-39-23-12-8-21(9-13-23)32(20-6-4-3-5-7-20,22-10-14-24(40-2)15-11-22)42-17-31-16-41-26(27(31)37)30(43-31)36-19-35-25-28(36)33-18-34-29(25)38/h3-15,18-19,26-27,30,37H,16-17H2,1-2H3,(H,33,34,38)/t26-,27+,30-,31-/m1/s1. The summed E-state index contributed by atoms with van der Waals surface area (Å²) in [6.07, 6.45) is 0.294. The molecule has 3 aromatic carbocycles. The minimum atomic E-state index is -1.20. The summed E-state index contributed by atoms with van der Waals surface area (Å²) in [4.78, 5) is 23.3. The molecular formula is C32H30N4O7. The molecule has 2 fully saturated rings. The minimum absolute atomic E-state index is 0.0191.